The summed E-state index contributed by atoms with van der Waals surface area (Å²) in [4.78, 5) is 13.3. The average molecular weight is 259 g/mol. The van der Waals surface area contributed by atoms with E-state index in [-0.39, 0.29) is 5.97 Å². The summed E-state index contributed by atoms with van der Waals surface area (Å²) in [5.41, 5.74) is 0.907. The van der Waals surface area contributed by atoms with E-state index in [0.717, 1.165) is 18.7 Å². The highest BCUT2D eigenvalue weighted by Crippen LogP contribution is 2.16. The zero-order valence-electron chi connectivity index (χ0n) is 11.8. The molecule has 0 aliphatic heterocycles. The maximum Gasteiger partial charge on any atom is 0.304 e. The molecule has 1 atom stereocenters. The Hall–Kier alpha value is -1.79. The topological polar surface area (TPSA) is 29.5 Å². The number of carbonyl (C=O) groups is 1. The molecule has 0 fully saturated rings. The average Bonchev–Trinajstić information content (AvgIpc) is 2.43. The van der Waals surface area contributed by atoms with Crippen molar-refractivity contribution >= 4 is 5.97 Å². The molecule has 0 unspecified atom stereocenters. The second kappa shape index (κ2) is 8.34. The van der Waals surface area contributed by atoms with Gasteiger partial charge in [0.2, 0.25) is 0 Å². The predicted molar refractivity (Wildman–Crippen MR) is 76.5 cm³/mol. The normalized spacial score (nSPS) is 11.6. The predicted octanol–water partition coefficient (Wildman–Crippen LogP) is 2.64. The number of nitrogens with zero attached hydrogens (tertiary/aromatic N) is 1. The van der Waals surface area contributed by atoms with E-state index >= 15 is 0 Å². The Balaban J connectivity index is 2.76. The number of esters is 1. The highest BCUT2D eigenvalue weighted by atomic mass is 16.5. The van der Waals surface area contributed by atoms with Crippen molar-refractivity contribution in [2.75, 3.05) is 19.6 Å². The molecule has 0 aliphatic rings. The summed E-state index contributed by atoms with van der Waals surface area (Å²) in [7, 11) is 0. The first-order chi connectivity index (χ1) is 9.17. The van der Waals surface area contributed by atoms with Crippen molar-refractivity contribution in [3.63, 3.8) is 0 Å². The lowest BCUT2D eigenvalue weighted by molar-refractivity contribution is -0.144. The first kappa shape index (κ1) is 15.3. The molecule has 3 nitrogen and oxygen atoms in total. The van der Waals surface area contributed by atoms with Crippen LogP contribution < -0.4 is 0 Å². The molecule has 0 aromatic heterocycles. The van der Waals surface area contributed by atoms with Crippen LogP contribution in [0.3, 0.4) is 0 Å². The fourth-order valence-electron chi connectivity index (χ4n) is 1.67. The van der Waals surface area contributed by atoms with Gasteiger partial charge in [-0.15, -0.1) is 0 Å². The Morgan fingerprint density at radius 3 is 2.42 bits per heavy atom. The van der Waals surface area contributed by atoms with E-state index < -0.39 is 6.10 Å². The van der Waals surface area contributed by atoms with Crippen LogP contribution >= 0.6 is 0 Å². The van der Waals surface area contributed by atoms with Crippen LogP contribution in [0.5, 0.6) is 0 Å². The third-order valence-corrected chi connectivity index (χ3v) is 2.82. The van der Waals surface area contributed by atoms with Crippen molar-refractivity contribution in [1.29, 1.82) is 0 Å². The SMILES string of the molecule is CCN(CC)CC#C[C@H](OC(C)=O)c1ccccc1. The number of hydrogen-bond donors (Lipinski definition) is 0. The molecule has 0 saturated carbocycles. The molecule has 0 radical (unpaired) electrons. The molecular formula is C16H21NO2. The van der Waals surface area contributed by atoms with Crippen molar-refractivity contribution in [1.82, 2.24) is 4.90 Å². The molecule has 0 heterocycles. The molecule has 1 aromatic rings. The van der Waals surface area contributed by atoms with Gasteiger partial charge in [0.05, 0.1) is 6.54 Å². The van der Waals surface area contributed by atoms with Gasteiger partial charge in [0.25, 0.3) is 0 Å². The molecule has 1 aromatic carbocycles. The van der Waals surface area contributed by atoms with Gasteiger partial charge < -0.3 is 4.74 Å². The number of benzene rings is 1. The second-order valence-corrected chi connectivity index (χ2v) is 4.18. The summed E-state index contributed by atoms with van der Waals surface area (Å²) >= 11 is 0. The van der Waals surface area contributed by atoms with Gasteiger partial charge in [-0.05, 0) is 13.1 Å². The standard InChI is InChI=1S/C16H21NO2/c1-4-17(5-2)13-9-12-16(19-14(3)18)15-10-7-6-8-11-15/h6-8,10-11,16H,4-5,13H2,1-3H3/t16-/m0/s1. The lowest BCUT2D eigenvalue weighted by atomic mass is 10.1. The molecule has 3 heteroatoms. The number of hydrogen-bond acceptors (Lipinski definition) is 3. The van der Waals surface area contributed by atoms with Gasteiger partial charge in [-0.1, -0.05) is 56.0 Å². The van der Waals surface area contributed by atoms with E-state index in [4.69, 9.17) is 4.74 Å². The Labute approximate surface area is 115 Å². The monoisotopic (exact) mass is 259 g/mol. The Morgan fingerprint density at radius 2 is 1.89 bits per heavy atom. The maximum atomic E-state index is 11.1. The molecule has 0 amide bonds. The molecular weight excluding hydrogens is 238 g/mol. The van der Waals surface area contributed by atoms with Crippen LogP contribution in [0.4, 0.5) is 0 Å². The van der Waals surface area contributed by atoms with E-state index in [1.54, 1.807) is 0 Å². The Morgan fingerprint density at radius 1 is 1.26 bits per heavy atom. The van der Waals surface area contributed by atoms with Gasteiger partial charge in [0.15, 0.2) is 6.10 Å². The largest absolute Gasteiger partial charge is 0.444 e. The zero-order valence-corrected chi connectivity index (χ0v) is 11.8. The van der Waals surface area contributed by atoms with Crippen molar-refractivity contribution in [3.8, 4) is 11.8 Å². The van der Waals surface area contributed by atoms with E-state index in [2.05, 4.69) is 30.6 Å². The van der Waals surface area contributed by atoms with Gasteiger partial charge in [0.1, 0.15) is 0 Å². The highest BCUT2D eigenvalue weighted by Gasteiger charge is 2.10. The van der Waals surface area contributed by atoms with E-state index in [1.165, 1.54) is 6.92 Å². The van der Waals surface area contributed by atoms with Gasteiger partial charge in [-0.2, -0.15) is 0 Å². The van der Waals surface area contributed by atoms with Crippen molar-refractivity contribution in [3.05, 3.63) is 35.9 Å². The molecule has 19 heavy (non-hydrogen) atoms. The van der Waals surface area contributed by atoms with E-state index in [9.17, 15) is 4.79 Å². The summed E-state index contributed by atoms with van der Waals surface area (Å²) in [6, 6.07) is 9.59. The summed E-state index contributed by atoms with van der Waals surface area (Å²) in [5.74, 6) is 5.81. The maximum absolute atomic E-state index is 11.1. The minimum atomic E-state index is -0.478. The molecule has 0 bridgehead atoms. The second-order valence-electron chi connectivity index (χ2n) is 4.18. The fourth-order valence-corrected chi connectivity index (χ4v) is 1.67. The summed E-state index contributed by atoms with van der Waals surface area (Å²) in [6.45, 7) is 8.24. The molecule has 0 saturated heterocycles. The lowest BCUT2D eigenvalue weighted by Crippen LogP contribution is -2.23. The van der Waals surface area contributed by atoms with E-state index in [1.807, 2.05) is 30.3 Å². The first-order valence-corrected chi connectivity index (χ1v) is 6.60. The van der Waals surface area contributed by atoms with Crippen LogP contribution in [0.2, 0.25) is 0 Å². The van der Waals surface area contributed by atoms with Crippen LogP contribution in [-0.4, -0.2) is 30.5 Å². The highest BCUT2D eigenvalue weighted by molar-refractivity contribution is 5.66. The fraction of sp³-hybridized carbons (Fsp3) is 0.438. The Kier molecular flexibility index (Phi) is 6.70. The van der Waals surface area contributed by atoms with Gasteiger partial charge in [-0.3, -0.25) is 9.69 Å². The molecule has 102 valence electrons. The zero-order chi connectivity index (χ0) is 14.1. The van der Waals surface area contributed by atoms with Crippen molar-refractivity contribution < 1.29 is 9.53 Å². The van der Waals surface area contributed by atoms with Gasteiger partial charge in [-0.25, -0.2) is 0 Å². The van der Waals surface area contributed by atoms with Gasteiger partial charge in [0, 0.05) is 12.5 Å². The minimum Gasteiger partial charge on any atom is -0.444 e. The van der Waals surface area contributed by atoms with Crippen LogP contribution in [0.15, 0.2) is 30.3 Å². The van der Waals surface area contributed by atoms with Crippen LogP contribution in [0.1, 0.15) is 32.4 Å². The Bertz CT molecular complexity index is 441. The van der Waals surface area contributed by atoms with E-state index in [0.29, 0.717) is 6.54 Å². The van der Waals surface area contributed by atoms with Crippen LogP contribution in [0.25, 0.3) is 0 Å². The van der Waals surface area contributed by atoms with Crippen LogP contribution in [0, 0.1) is 11.8 Å². The number of rotatable bonds is 5. The van der Waals surface area contributed by atoms with Crippen molar-refractivity contribution in [2.24, 2.45) is 0 Å². The third-order valence-electron chi connectivity index (χ3n) is 2.82. The summed E-state index contributed by atoms with van der Waals surface area (Å²) < 4.78 is 5.25. The first-order valence-electron chi connectivity index (χ1n) is 6.60. The molecule has 1 rings (SSSR count). The summed E-state index contributed by atoms with van der Waals surface area (Å²) in [6.07, 6.45) is -0.478. The number of carbonyl (C=O) groups excluding carboxylic acids is 1. The van der Waals surface area contributed by atoms with Gasteiger partial charge >= 0.3 is 5.97 Å². The molecule has 0 aliphatic carbocycles. The van der Waals surface area contributed by atoms with Crippen LogP contribution in [-0.2, 0) is 9.53 Å². The quantitative estimate of drug-likeness (QED) is 0.601. The molecule has 0 spiro atoms. The molecule has 0 N–H and O–H groups in total. The van der Waals surface area contributed by atoms with Crippen molar-refractivity contribution in [2.45, 2.75) is 26.9 Å². The third kappa shape index (κ3) is 5.58. The lowest BCUT2D eigenvalue weighted by Gasteiger charge is -2.14. The number of ether oxygens (including phenoxy) is 1. The minimum absolute atomic E-state index is 0.314. The summed E-state index contributed by atoms with van der Waals surface area (Å²) in [5, 5.41) is 0. The smallest absolute Gasteiger partial charge is 0.304 e.